The van der Waals surface area contributed by atoms with Crippen molar-refractivity contribution >= 4 is 29.1 Å². The SMILES string of the molecule is CC(c1ccc(S(C)=O)cc1)N(C)C(=O)[C@@H]1CC[C@H](CN)O1.Cl. The lowest BCUT2D eigenvalue weighted by Crippen LogP contribution is -2.38. The lowest BCUT2D eigenvalue weighted by Gasteiger charge is -2.28. The van der Waals surface area contributed by atoms with E-state index in [0.717, 1.165) is 23.3 Å². The van der Waals surface area contributed by atoms with Crippen molar-refractivity contribution in [2.24, 2.45) is 5.73 Å². The largest absolute Gasteiger partial charge is 0.364 e. The van der Waals surface area contributed by atoms with Crippen molar-refractivity contribution in [3.05, 3.63) is 29.8 Å². The Morgan fingerprint density at radius 1 is 1.39 bits per heavy atom. The van der Waals surface area contributed by atoms with Crippen LogP contribution < -0.4 is 5.73 Å². The number of ether oxygens (including phenoxy) is 1. The number of carbonyl (C=O) groups is 1. The average molecular weight is 361 g/mol. The van der Waals surface area contributed by atoms with E-state index in [1.807, 2.05) is 31.2 Å². The van der Waals surface area contributed by atoms with Crippen molar-refractivity contribution in [2.75, 3.05) is 19.8 Å². The molecule has 2 rings (SSSR count). The first kappa shape index (κ1) is 20.1. The van der Waals surface area contributed by atoms with Gasteiger partial charge < -0.3 is 15.4 Å². The molecule has 130 valence electrons. The molecule has 23 heavy (non-hydrogen) atoms. The minimum absolute atomic E-state index is 0. The second-order valence-electron chi connectivity index (χ2n) is 5.71. The molecule has 0 bridgehead atoms. The van der Waals surface area contributed by atoms with Crippen LogP contribution in [0, 0.1) is 0 Å². The van der Waals surface area contributed by atoms with Crippen molar-refractivity contribution in [1.82, 2.24) is 4.90 Å². The molecule has 0 saturated carbocycles. The molecule has 4 atom stereocenters. The minimum Gasteiger partial charge on any atom is -0.364 e. The Labute approximate surface area is 146 Å². The Bertz CT molecular complexity index is 553. The third kappa shape index (κ3) is 4.76. The smallest absolute Gasteiger partial charge is 0.251 e. The molecule has 1 fully saturated rings. The number of nitrogens with zero attached hydrogens (tertiary/aromatic N) is 1. The summed E-state index contributed by atoms with van der Waals surface area (Å²) in [5.41, 5.74) is 6.60. The van der Waals surface area contributed by atoms with Gasteiger partial charge in [-0.15, -0.1) is 12.4 Å². The van der Waals surface area contributed by atoms with Crippen LogP contribution in [0.25, 0.3) is 0 Å². The molecular weight excluding hydrogens is 336 g/mol. The molecule has 1 aliphatic rings. The molecule has 0 spiro atoms. The number of likely N-dealkylation sites (N-methyl/N-ethyl adjacent to an activating group) is 1. The fourth-order valence-electron chi connectivity index (χ4n) is 2.64. The normalized spacial score (nSPS) is 23.0. The first-order valence-corrected chi connectivity index (χ1v) is 9.05. The summed E-state index contributed by atoms with van der Waals surface area (Å²) >= 11 is 0. The van der Waals surface area contributed by atoms with E-state index in [0.29, 0.717) is 6.54 Å². The van der Waals surface area contributed by atoms with Gasteiger partial charge in [-0.1, -0.05) is 12.1 Å². The maximum absolute atomic E-state index is 12.5. The van der Waals surface area contributed by atoms with Gasteiger partial charge in [0.25, 0.3) is 5.91 Å². The Balaban J connectivity index is 0.00000264. The Morgan fingerprint density at radius 3 is 2.48 bits per heavy atom. The van der Waals surface area contributed by atoms with Crippen molar-refractivity contribution in [3.8, 4) is 0 Å². The first-order chi connectivity index (χ1) is 10.4. The standard InChI is InChI=1S/C16H24N2O3S.ClH/c1-11(12-4-7-14(8-5-12)22(3)20)18(2)16(19)15-9-6-13(10-17)21-15;/h4-5,7-8,11,13,15H,6,9-10,17H2,1-3H3;1H/t11?,13-,15+,22?;/m1./s1. The van der Waals surface area contributed by atoms with Crippen LogP contribution in [0.1, 0.15) is 31.4 Å². The van der Waals surface area contributed by atoms with Gasteiger partial charge in [0.15, 0.2) is 0 Å². The second kappa shape index (κ2) is 8.78. The van der Waals surface area contributed by atoms with Gasteiger partial charge in [0.2, 0.25) is 0 Å². The van der Waals surface area contributed by atoms with Crippen LogP contribution in [0.15, 0.2) is 29.2 Å². The van der Waals surface area contributed by atoms with Crippen molar-refractivity contribution in [2.45, 2.75) is 42.9 Å². The van der Waals surface area contributed by atoms with Crippen LogP contribution in [0.3, 0.4) is 0 Å². The number of nitrogens with two attached hydrogens (primary N) is 1. The summed E-state index contributed by atoms with van der Waals surface area (Å²) in [7, 11) is 0.800. The Hall–Kier alpha value is -0.950. The van der Waals surface area contributed by atoms with Crippen molar-refractivity contribution in [1.29, 1.82) is 0 Å². The van der Waals surface area contributed by atoms with E-state index < -0.39 is 10.8 Å². The van der Waals surface area contributed by atoms with Crippen molar-refractivity contribution in [3.63, 3.8) is 0 Å². The number of amides is 1. The summed E-state index contributed by atoms with van der Waals surface area (Å²) < 4.78 is 17.1. The van der Waals surface area contributed by atoms with Gasteiger partial charge in [0, 0.05) is 35.5 Å². The van der Waals surface area contributed by atoms with Gasteiger partial charge >= 0.3 is 0 Å². The van der Waals surface area contributed by atoms with E-state index in [9.17, 15) is 9.00 Å². The Kier molecular flexibility index (Phi) is 7.67. The highest BCUT2D eigenvalue weighted by Crippen LogP contribution is 2.25. The van der Waals surface area contributed by atoms with E-state index in [2.05, 4.69) is 0 Å². The molecule has 2 N–H and O–H groups in total. The number of benzene rings is 1. The first-order valence-electron chi connectivity index (χ1n) is 7.49. The maximum Gasteiger partial charge on any atom is 0.251 e. The highest BCUT2D eigenvalue weighted by atomic mass is 35.5. The predicted octanol–water partition coefficient (Wildman–Crippen LogP) is 1.87. The van der Waals surface area contributed by atoms with Crippen LogP contribution in [0.4, 0.5) is 0 Å². The summed E-state index contributed by atoms with van der Waals surface area (Å²) in [6.45, 7) is 2.43. The monoisotopic (exact) mass is 360 g/mol. The van der Waals surface area contributed by atoms with E-state index in [1.165, 1.54) is 0 Å². The van der Waals surface area contributed by atoms with E-state index >= 15 is 0 Å². The van der Waals surface area contributed by atoms with Gasteiger partial charge in [-0.3, -0.25) is 9.00 Å². The zero-order chi connectivity index (χ0) is 16.3. The van der Waals surface area contributed by atoms with Gasteiger partial charge in [-0.2, -0.15) is 0 Å². The summed E-state index contributed by atoms with van der Waals surface area (Å²) in [5, 5.41) is 0. The molecule has 1 aliphatic heterocycles. The molecule has 0 aliphatic carbocycles. The van der Waals surface area contributed by atoms with Crippen LogP contribution in [-0.4, -0.2) is 47.1 Å². The van der Waals surface area contributed by atoms with Gasteiger partial charge in [0.05, 0.1) is 12.1 Å². The lowest BCUT2D eigenvalue weighted by molar-refractivity contribution is -0.143. The number of halogens is 1. The molecule has 1 amide bonds. The number of rotatable bonds is 5. The zero-order valence-corrected chi connectivity index (χ0v) is 15.4. The molecule has 2 unspecified atom stereocenters. The molecule has 1 heterocycles. The molecule has 7 heteroatoms. The molecule has 0 aromatic heterocycles. The summed E-state index contributed by atoms with van der Waals surface area (Å²) in [6, 6.07) is 7.47. The fourth-order valence-corrected chi connectivity index (χ4v) is 3.16. The summed E-state index contributed by atoms with van der Waals surface area (Å²) in [4.78, 5) is 15.0. The molecule has 5 nitrogen and oxygen atoms in total. The highest BCUT2D eigenvalue weighted by Gasteiger charge is 2.33. The van der Waals surface area contributed by atoms with Crippen LogP contribution in [0.2, 0.25) is 0 Å². The van der Waals surface area contributed by atoms with Crippen LogP contribution in [-0.2, 0) is 20.3 Å². The number of carbonyl (C=O) groups excluding carboxylic acids is 1. The van der Waals surface area contributed by atoms with Crippen LogP contribution >= 0.6 is 12.4 Å². The molecule has 0 radical (unpaired) electrons. The number of hydrogen-bond donors (Lipinski definition) is 1. The predicted molar refractivity (Wildman–Crippen MR) is 94.2 cm³/mol. The third-order valence-corrected chi connectivity index (χ3v) is 5.20. The molecular formula is C16H25ClN2O3S. The number of hydrogen-bond acceptors (Lipinski definition) is 4. The van der Waals surface area contributed by atoms with E-state index in [1.54, 1.807) is 18.2 Å². The lowest BCUT2D eigenvalue weighted by atomic mass is 10.1. The highest BCUT2D eigenvalue weighted by molar-refractivity contribution is 7.84. The summed E-state index contributed by atoms with van der Waals surface area (Å²) in [5.74, 6) is -0.00778. The van der Waals surface area contributed by atoms with Gasteiger partial charge in [-0.25, -0.2) is 0 Å². The Morgan fingerprint density at radius 2 is 2.00 bits per heavy atom. The van der Waals surface area contributed by atoms with Gasteiger partial charge in [-0.05, 0) is 37.5 Å². The molecule has 1 aromatic rings. The van der Waals surface area contributed by atoms with Gasteiger partial charge in [0.1, 0.15) is 6.10 Å². The van der Waals surface area contributed by atoms with E-state index in [4.69, 9.17) is 10.5 Å². The molecule has 1 aromatic carbocycles. The van der Waals surface area contributed by atoms with Crippen LogP contribution in [0.5, 0.6) is 0 Å². The van der Waals surface area contributed by atoms with Crippen molar-refractivity contribution < 1.29 is 13.7 Å². The maximum atomic E-state index is 12.5. The topological polar surface area (TPSA) is 72.6 Å². The third-order valence-electron chi connectivity index (χ3n) is 4.27. The quantitative estimate of drug-likeness (QED) is 0.870. The fraction of sp³-hybridized carbons (Fsp3) is 0.562. The zero-order valence-electron chi connectivity index (χ0n) is 13.7. The summed E-state index contributed by atoms with van der Waals surface area (Å²) in [6.07, 6.45) is 2.83. The minimum atomic E-state index is -0.989. The van der Waals surface area contributed by atoms with E-state index in [-0.39, 0.29) is 36.6 Å². The second-order valence-corrected chi connectivity index (χ2v) is 7.09. The molecule has 1 saturated heterocycles. The average Bonchev–Trinajstić information content (AvgIpc) is 3.01.